The van der Waals surface area contributed by atoms with E-state index >= 15 is 0 Å². The van der Waals surface area contributed by atoms with Crippen LogP contribution in [0.15, 0.2) is 24.3 Å². The van der Waals surface area contributed by atoms with Gasteiger partial charge < -0.3 is 19.5 Å². The van der Waals surface area contributed by atoms with E-state index in [4.69, 9.17) is 14.2 Å². The number of carbonyl (C=O) groups excluding carboxylic acids is 3. The minimum absolute atomic E-state index is 0.0819. The first-order valence-electron chi connectivity index (χ1n) is 10.2. The molecule has 0 heterocycles. The summed E-state index contributed by atoms with van der Waals surface area (Å²) in [6.45, 7) is 3.75. The van der Waals surface area contributed by atoms with E-state index in [9.17, 15) is 14.4 Å². The highest BCUT2D eigenvalue weighted by Gasteiger charge is 2.21. The molecule has 1 aliphatic rings. The van der Waals surface area contributed by atoms with E-state index in [1.54, 1.807) is 31.4 Å². The predicted octanol–water partition coefficient (Wildman–Crippen LogP) is 3.20. The minimum Gasteiger partial charge on any atom is -0.493 e. The lowest BCUT2D eigenvalue weighted by Crippen LogP contribution is -2.48. The van der Waals surface area contributed by atoms with E-state index in [1.807, 2.05) is 6.92 Å². The van der Waals surface area contributed by atoms with Gasteiger partial charge in [-0.3, -0.25) is 10.1 Å². The van der Waals surface area contributed by atoms with Crippen molar-refractivity contribution in [3.05, 3.63) is 29.8 Å². The van der Waals surface area contributed by atoms with Gasteiger partial charge in [0.05, 0.1) is 13.7 Å². The zero-order valence-corrected chi connectivity index (χ0v) is 17.7. The monoisotopic (exact) mass is 418 g/mol. The molecule has 3 amide bonds. The SMILES string of the molecule is CCOc1cc(/C=C/C(=O)O[C@@H](C)C(=O)NC(=O)NC2CCCCC2)ccc1OC. The van der Waals surface area contributed by atoms with Crippen LogP contribution in [-0.4, -0.2) is 43.8 Å². The Morgan fingerprint density at radius 1 is 1.17 bits per heavy atom. The molecule has 1 fully saturated rings. The number of rotatable bonds is 8. The molecule has 1 atom stereocenters. The Bertz CT molecular complexity index is 771. The number of hydrogen-bond acceptors (Lipinski definition) is 6. The van der Waals surface area contributed by atoms with Crippen molar-refractivity contribution >= 4 is 24.0 Å². The number of nitrogens with one attached hydrogen (secondary N) is 2. The second kappa shape index (κ2) is 11.8. The van der Waals surface area contributed by atoms with Crippen molar-refractivity contribution in [3.63, 3.8) is 0 Å². The Balaban J connectivity index is 1.83. The number of amides is 3. The Hall–Kier alpha value is -3.03. The Morgan fingerprint density at radius 2 is 1.90 bits per heavy atom. The van der Waals surface area contributed by atoms with Gasteiger partial charge in [-0.1, -0.05) is 25.3 Å². The number of hydrogen-bond donors (Lipinski definition) is 2. The zero-order chi connectivity index (χ0) is 21.9. The van der Waals surface area contributed by atoms with Gasteiger partial charge in [0, 0.05) is 12.1 Å². The Labute approximate surface area is 176 Å². The van der Waals surface area contributed by atoms with Crippen molar-refractivity contribution in [2.45, 2.75) is 58.1 Å². The van der Waals surface area contributed by atoms with Gasteiger partial charge >= 0.3 is 12.0 Å². The van der Waals surface area contributed by atoms with Crippen molar-refractivity contribution in [1.29, 1.82) is 0 Å². The van der Waals surface area contributed by atoms with Gasteiger partial charge in [-0.2, -0.15) is 0 Å². The van der Waals surface area contributed by atoms with Gasteiger partial charge in [0.15, 0.2) is 17.6 Å². The van der Waals surface area contributed by atoms with E-state index in [-0.39, 0.29) is 6.04 Å². The van der Waals surface area contributed by atoms with Gasteiger partial charge in [-0.05, 0) is 50.5 Å². The standard InChI is InChI=1S/C22H30N2O6/c1-4-29-19-14-16(10-12-18(19)28-3)11-13-20(25)30-15(2)21(26)24-22(27)23-17-8-6-5-7-9-17/h10-15,17H,4-9H2,1-3H3,(H2,23,24,26,27)/b13-11+/t15-/m0/s1. The van der Waals surface area contributed by atoms with Crippen LogP contribution in [0, 0.1) is 0 Å². The molecular weight excluding hydrogens is 388 g/mol. The molecule has 8 nitrogen and oxygen atoms in total. The molecule has 0 radical (unpaired) electrons. The van der Waals surface area contributed by atoms with Crippen molar-refractivity contribution < 1.29 is 28.6 Å². The molecule has 1 aromatic rings. The average Bonchev–Trinajstić information content (AvgIpc) is 2.73. The minimum atomic E-state index is -1.10. The molecular formula is C22H30N2O6. The molecule has 1 aromatic carbocycles. The third-order valence-electron chi connectivity index (χ3n) is 4.74. The molecule has 0 aromatic heterocycles. The molecule has 2 N–H and O–H groups in total. The van der Waals surface area contributed by atoms with Gasteiger partial charge in [0.2, 0.25) is 0 Å². The fourth-order valence-corrected chi connectivity index (χ4v) is 3.18. The summed E-state index contributed by atoms with van der Waals surface area (Å²) >= 11 is 0. The van der Waals surface area contributed by atoms with Crippen LogP contribution in [0.5, 0.6) is 11.5 Å². The average molecular weight is 418 g/mol. The molecule has 164 valence electrons. The first-order valence-corrected chi connectivity index (χ1v) is 10.2. The largest absolute Gasteiger partial charge is 0.493 e. The number of carbonyl (C=O) groups is 3. The number of methoxy groups -OCH3 is 1. The molecule has 2 rings (SSSR count). The lowest BCUT2D eigenvalue weighted by molar-refractivity contribution is -0.149. The van der Waals surface area contributed by atoms with Gasteiger partial charge in [0.1, 0.15) is 0 Å². The van der Waals surface area contributed by atoms with Gasteiger partial charge in [-0.25, -0.2) is 9.59 Å². The molecule has 0 saturated heterocycles. The highest BCUT2D eigenvalue weighted by Crippen LogP contribution is 2.28. The molecule has 0 spiro atoms. The number of imide groups is 1. The predicted molar refractivity (Wildman–Crippen MR) is 112 cm³/mol. The fourth-order valence-electron chi connectivity index (χ4n) is 3.18. The summed E-state index contributed by atoms with van der Waals surface area (Å²) < 4.78 is 15.8. The second-order valence-corrected chi connectivity index (χ2v) is 7.05. The normalized spacial score (nSPS) is 15.3. The number of ether oxygens (including phenoxy) is 3. The lowest BCUT2D eigenvalue weighted by atomic mass is 9.96. The maximum Gasteiger partial charge on any atom is 0.331 e. The summed E-state index contributed by atoms with van der Waals surface area (Å²) in [5.41, 5.74) is 0.708. The summed E-state index contributed by atoms with van der Waals surface area (Å²) in [7, 11) is 1.55. The zero-order valence-electron chi connectivity index (χ0n) is 17.7. The van der Waals surface area contributed by atoms with Crippen molar-refractivity contribution in [3.8, 4) is 11.5 Å². The van der Waals surface area contributed by atoms with Crippen molar-refractivity contribution in [1.82, 2.24) is 10.6 Å². The molecule has 1 aliphatic carbocycles. The van der Waals surface area contributed by atoms with Crippen LogP contribution in [0.3, 0.4) is 0 Å². The van der Waals surface area contributed by atoms with E-state index in [0.29, 0.717) is 23.7 Å². The fraction of sp³-hybridized carbons (Fsp3) is 0.500. The van der Waals surface area contributed by atoms with Crippen molar-refractivity contribution in [2.24, 2.45) is 0 Å². The summed E-state index contributed by atoms with van der Waals surface area (Å²) in [6.07, 6.45) is 6.78. The Kier molecular flexibility index (Phi) is 9.18. The van der Waals surface area contributed by atoms with Gasteiger partial charge in [0.25, 0.3) is 5.91 Å². The van der Waals surface area contributed by atoms with E-state index in [2.05, 4.69) is 10.6 Å². The second-order valence-electron chi connectivity index (χ2n) is 7.05. The van der Waals surface area contributed by atoms with Crippen LogP contribution in [0.2, 0.25) is 0 Å². The number of urea groups is 1. The van der Waals surface area contributed by atoms with E-state index in [0.717, 1.165) is 25.7 Å². The lowest BCUT2D eigenvalue weighted by Gasteiger charge is -2.23. The first-order chi connectivity index (χ1) is 14.4. The maximum absolute atomic E-state index is 12.1. The highest BCUT2D eigenvalue weighted by atomic mass is 16.5. The van der Waals surface area contributed by atoms with Crippen molar-refractivity contribution in [2.75, 3.05) is 13.7 Å². The summed E-state index contributed by atoms with van der Waals surface area (Å²) in [5, 5.41) is 5.00. The number of esters is 1. The Morgan fingerprint density at radius 3 is 2.57 bits per heavy atom. The molecule has 8 heteroatoms. The van der Waals surface area contributed by atoms with Crippen LogP contribution in [0.4, 0.5) is 4.79 Å². The van der Waals surface area contributed by atoms with Crippen LogP contribution in [-0.2, 0) is 14.3 Å². The molecule has 0 aliphatic heterocycles. The van der Waals surface area contributed by atoms with E-state index in [1.165, 1.54) is 19.4 Å². The van der Waals surface area contributed by atoms with E-state index < -0.39 is 24.0 Å². The summed E-state index contributed by atoms with van der Waals surface area (Å²) in [5.74, 6) is -0.215. The highest BCUT2D eigenvalue weighted by molar-refractivity contribution is 5.98. The quantitative estimate of drug-likeness (QED) is 0.496. The number of benzene rings is 1. The van der Waals surface area contributed by atoms with Crippen LogP contribution >= 0.6 is 0 Å². The van der Waals surface area contributed by atoms with Crippen LogP contribution in [0.1, 0.15) is 51.5 Å². The third kappa shape index (κ3) is 7.42. The first kappa shape index (κ1) is 23.3. The van der Waals surface area contributed by atoms with Gasteiger partial charge in [-0.15, -0.1) is 0 Å². The molecule has 30 heavy (non-hydrogen) atoms. The van der Waals surface area contributed by atoms with Crippen LogP contribution < -0.4 is 20.1 Å². The van der Waals surface area contributed by atoms with Crippen LogP contribution in [0.25, 0.3) is 6.08 Å². The third-order valence-corrected chi connectivity index (χ3v) is 4.74. The molecule has 1 saturated carbocycles. The molecule has 0 unspecified atom stereocenters. The summed E-state index contributed by atoms with van der Waals surface area (Å²) in [4.78, 5) is 36.1. The summed E-state index contributed by atoms with van der Waals surface area (Å²) in [6, 6.07) is 4.75. The maximum atomic E-state index is 12.1. The smallest absolute Gasteiger partial charge is 0.331 e. The molecule has 0 bridgehead atoms. The topological polar surface area (TPSA) is 103 Å².